The molecule has 0 unspecified atom stereocenters. The van der Waals surface area contributed by atoms with E-state index in [1.807, 2.05) is 63.2 Å². The Morgan fingerprint density at radius 1 is 1.08 bits per heavy atom. The van der Waals surface area contributed by atoms with Crippen molar-refractivity contribution in [2.45, 2.75) is 26.8 Å². The van der Waals surface area contributed by atoms with Crippen LogP contribution >= 0.6 is 23.8 Å². The zero-order valence-corrected chi connectivity index (χ0v) is 16.2. The maximum Gasteiger partial charge on any atom is 0.171 e. The maximum atomic E-state index is 6.14. The number of nitrogens with one attached hydrogen (secondary N) is 2. The molecule has 2 aromatic carbocycles. The van der Waals surface area contributed by atoms with Crippen LogP contribution in [0.15, 0.2) is 42.5 Å². The van der Waals surface area contributed by atoms with Crippen molar-refractivity contribution >= 4 is 34.6 Å². The quantitative estimate of drug-likeness (QED) is 0.649. The van der Waals surface area contributed by atoms with Crippen LogP contribution in [0, 0.1) is 0 Å². The summed E-state index contributed by atoms with van der Waals surface area (Å²) in [4.78, 5) is 0. The Bertz CT molecular complexity index is 724. The van der Waals surface area contributed by atoms with E-state index in [0.717, 1.165) is 22.7 Å². The SMILES string of the molecule is CCOc1ccc([C@H](C)NC(=S)Nc2ccccc2Cl)cc1OCC. The van der Waals surface area contributed by atoms with Gasteiger partial charge in [-0.2, -0.15) is 0 Å². The first-order valence-corrected chi connectivity index (χ1v) is 9.05. The Kier molecular flexibility index (Phi) is 7.34. The summed E-state index contributed by atoms with van der Waals surface area (Å²) in [5.41, 5.74) is 1.82. The van der Waals surface area contributed by atoms with Gasteiger partial charge in [-0.05, 0) is 62.8 Å². The normalized spacial score (nSPS) is 11.5. The number of ether oxygens (including phenoxy) is 2. The predicted molar refractivity (Wildman–Crippen MR) is 108 cm³/mol. The largest absolute Gasteiger partial charge is 0.490 e. The summed E-state index contributed by atoms with van der Waals surface area (Å²) in [6.45, 7) is 7.11. The number of thiocarbonyl (C=S) groups is 1. The van der Waals surface area contributed by atoms with Crippen molar-refractivity contribution in [3.05, 3.63) is 53.1 Å². The first-order valence-electron chi connectivity index (χ1n) is 8.26. The lowest BCUT2D eigenvalue weighted by Crippen LogP contribution is -2.31. The minimum absolute atomic E-state index is 0.00243. The minimum Gasteiger partial charge on any atom is -0.490 e. The number of anilines is 1. The van der Waals surface area contributed by atoms with Crippen molar-refractivity contribution in [2.75, 3.05) is 18.5 Å². The Hall–Kier alpha value is -1.98. The second kappa shape index (κ2) is 9.49. The molecule has 4 nitrogen and oxygen atoms in total. The molecule has 25 heavy (non-hydrogen) atoms. The molecule has 0 aromatic heterocycles. The Labute approximate surface area is 159 Å². The summed E-state index contributed by atoms with van der Waals surface area (Å²) in [7, 11) is 0. The van der Waals surface area contributed by atoms with Crippen LogP contribution in [0.5, 0.6) is 11.5 Å². The van der Waals surface area contributed by atoms with E-state index >= 15 is 0 Å². The van der Waals surface area contributed by atoms with Gasteiger partial charge in [0.05, 0.1) is 30.0 Å². The third-order valence-electron chi connectivity index (χ3n) is 3.54. The summed E-state index contributed by atoms with van der Waals surface area (Å²) in [5.74, 6) is 1.48. The van der Waals surface area contributed by atoms with Gasteiger partial charge < -0.3 is 20.1 Å². The van der Waals surface area contributed by atoms with E-state index in [4.69, 9.17) is 33.3 Å². The van der Waals surface area contributed by atoms with Crippen molar-refractivity contribution in [3.8, 4) is 11.5 Å². The lowest BCUT2D eigenvalue weighted by atomic mass is 10.1. The lowest BCUT2D eigenvalue weighted by Gasteiger charge is -2.19. The summed E-state index contributed by atoms with van der Waals surface area (Å²) >= 11 is 11.5. The highest BCUT2D eigenvalue weighted by Crippen LogP contribution is 2.30. The molecular formula is C19H23ClN2O2S. The molecular weight excluding hydrogens is 356 g/mol. The van der Waals surface area contributed by atoms with Crippen molar-refractivity contribution in [2.24, 2.45) is 0 Å². The molecule has 0 aliphatic heterocycles. The average Bonchev–Trinajstić information content (AvgIpc) is 2.59. The molecule has 1 atom stereocenters. The van der Waals surface area contributed by atoms with Gasteiger partial charge in [-0.25, -0.2) is 0 Å². The lowest BCUT2D eigenvalue weighted by molar-refractivity contribution is 0.287. The first kappa shape index (κ1) is 19.3. The standard InChI is InChI=1S/C19H23ClN2O2S/c1-4-23-17-11-10-14(12-18(17)24-5-2)13(3)21-19(25)22-16-9-7-6-8-15(16)20/h6-13H,4-5H2,1-3H3,(H2,21,22,25)/t13-/m0/s1. The third kappa shape index (κ3) is 5.51. The topological polar surface area (TPSA) is 42.5 Å². The molecule has 2 aromatic rings. The van der Waals surface area contributed by atoms with Gasteiger partial charge in [0.2, 0.25) is 0 Å². The summed E-state index contributed by atoms with van der Waals surface area (Å²) in [6.07, 6.45) is 0. The Balaban J connectivity index is 2.06. The molecule has 0 heterocycles. The van der Waals surface area contributed by atoms with Crippen molar-refractivity contribution in [1.29, 1.82) is 0 Å². The van der Waals surface area contributed by atoms with E-state index in [-0.39, 0.29) is 6.04 Å². The van der Waals surface area contributed by atoms with E-state index in [2.05, 4.69) is 10.6 Å². The van der Waals surface area contributed by atoms with Crippen LogP contribution in [0.1, 0.15) is 32.4 Å². The van der Waals surface area contributed by atoms with Crippen molar-refractivity contribution in [1.82, 2.24) is 5.32 Å². The maximum absolute atomic E-state index is 6.14. The van der Waals surface area contributed by atoms with Gasteiger partial charge in [0.1, 0.15) is 0 Å². The van der Waals surface area contributed by atoms with Crippen LogP contribution in [-0.2, 0) is 0 Å². The van der Waals surface area contributed by atoms with Crippen LogP contribution in [-0.4, -0.2) is 18.3 Å². The molecule has 2 N–H and O–H groups in total. The summed E-state index contributed by atoms with van der Waals surface area (Å²) in [5, 5.41) is 7.50. The average molecular weight is 379 g/mol. The highest BCUT2D eigenvalue weighted by Gasteiger charge is 2.12. The number of rotatable bonds is 7. The number of hydrogen-bond acceptors (Lipinski definition) is 3. The molecule has 0 fully saturated rings. The molecule has 0 radical (unpaired) electrons. The van der Waals surface area contributed by atoms with Crippen LogP contribution in [0.4, 0.5) is 5.69 Å². The fourth-order valence-corrected chi connectivity index (χ4v) is 2.81. The van der Waals surface area contributed by atoms with Gasteiger partial charge in [-0.1, -0.05) is 29.8 Å². The number of para-hydroxylation sites is 1. The highest BCUT2D eigenvalue weighted by atomic mass is 35.5. The van der Waals surface area contributed by atoms with Crippen LogP contribution in [0.25, 0.3) is 0 Å². The summed E-state index contributed by atoms with van der Waals surface area (Å²) in [6, 6.07) is 13.4. The Morgan fingerprint density at radius 2 is 1.76 bits per heavy atom. The second-order valence-electron chi connectivity index (χ2n) is 5.37. The minimum atomic E-state index is -0.00243. The second-order valence-corrected chi connectivity index (χ2v) is 6.19. The van der Waals surface area contributed by atoms with Crippen LogP contribution in [0.3, 0.4) is 0 Å². The molecule has 6 heteroatoms. The Morgan fingerprint density at radius 3 is 2.44 bits per heavy atom. The fourth-order valence-electron chi connectivity index (χ4n) is 2.34. The number of benzene rings is 2. The molecule has 0 bridgehead atoms. The van der Waals surface area contributed by atoms with E-state index in [0.29, 0.717) is 23.3 Å². The molecule has 2 rings (SSSR count). The van der Waals surface area contributed by atoms with Crippen LogP contribution in [0.2, 0.25) is 5.02 Å². The number of halogens is 1. The van der Waals surface area contributed by atoms with Gasteiger partial charge >= 0.3 is 0 Å². The zero-order chi connectivity index (χ0) is 18.2. The monoisotopic (exact) mass is 378 g/mol. The van der Waals surface area contributed by atoms with Crippen LogP contribution < -0.4 is 20.1 Å². The molecule has 0 saturated heterocycles. The van der Waals surface area contributed by atoms with Crippen molar-refractivity contribution < 1.29 is 9.47 Å². The van der Waals surface area contributed by atoms with Gasteiger partial charge in [0, 0.05) is 0 Å². The van der Waals surface area contributed by atoms with E-state index < -0.39 is 0 Å². The van der Waals surface area contributed by atoms with E-state index in [1.54, 1.807) is 0 Å². The van der Waals surface area contributed by atoms with E-state index in [9.17, 15) is 0 Å². The molecule has 0 amide bonds. The smallest absolute Gasteiger partial charge is 0.171 e. The molecule has 134 valence electrons. The van der Waals surface area contributed by atoms with Crippen molar-refractivity contribution in [3.63, 3.8) is 0 Å². The molecule has 0 aliphatic rings. The molecule has 0 saturated carbocycles. The predicted octanol–water partition coefficient (Wildman–Crippen LogP) is 5.19. The van der Waals surface area contributed by atoms with Gasteiger partial charge in [-0.15, -0.1) is 0 Å². The molecule has 0 aliphatic carbocycles. The van der Waals surface area contributed by atoms with Gasteiger partial charge in [0.25, 0.3) is 0 Å². The highest BCUT2D eigenvalue weighted by molar-refractivity contribution is 7.80. The zero-order valence-electron chi connectivity index (χ0n) is 14.6. The summed E-state index contributed by atoms with van der Waals surface area (Å²) < 4.78 is 11.3. The van der Waals surface area contributed by atoms with Gasteiger partial charge in [-0.3, -0.25) is 0 Å². The fraction of sp³-hybridized carbons (Fsp3) is 0.316. The molecule has 0 spiro atoms. The van der Waals surface area contributed by atoms with E-state index in [1.165, 1.54) is 0 Å². The first-order chi connectivity index (χ1) is 12.0. The van der Waals surface area contributed by atoms with Gasteiger partial charge in [0.15, 0.2) is 16.6 Å². The number of hydrogen-bond donors (Lipinski definition) is 2. The third-order valence-corrected chi connectivity index (χ3v) is 4.09.